The van der Waals surface area contributed by atoms with Crippen molar-refractivity contribution in [2.45, 2.75) is 44.2 Å². The Kier molecular flexibility index (Phi) is 5.24. The summed E-state index contributed by atoms with van der Waals surface area (Å²) in [6.45, 7) is 0.774. The summed E-state index contributed by atoms with van der Waals surface area (Å²) in [5.74, 6) is 4.68. The molecule has 1 fully saturated rings. The van der Waals surface area contributed by atoms with Crippen molar-refractivity contribution in [2.24, 2.45) is 5.84 Å². The van der Waals surface area contributed by atoms with Crippen LogP contribution in [-0.4, -0.2) is 18.8 Å². The van der Waals surface area contributed by atoms with Crippen LogP contribution in [-0.2, 0) is 11.2 Å². The number of ether oxygens (including phenoxy) is 1. The monoisotopic (exact) mass is 270 g/mol. The first kappa shape index (κ1) is 14.4. The Hall–Kier alpha value is -1.04. The molecule has 0 aliphatic carbocycles. The number of halogens is 2. The van der Waals surface area contributed by atoms with Gasteiger partial charge in [0.1, 0.15) is 11.6 Å². The van der Waals surface area contributed by atoms with Gasteiger partial charge in [0.2, 0.25) is 0 Å². The highest BCUT2D eigenvalue weighted by Crippen LogP contribution is 2.19. The average Bonchev–Trinajstić information content (AvgIpc) is 2.43. The van der Waals surface area contributed by atoms with Crippen molar-refractivity contribution in [2.75, 3.05) is 6.61 Å². The molecule has 2 unspecified atom stereocenters. The van der Waals surface area contributed by atoms with Gasteiger partial charge in [0, 0.05) is 12.6 Å². The van der Waals surface area contributed by atoms with Gasteiger partial charge in [-0.3, -0.25) is 11.3 Å². The molecule has 19 heavy (non-hydrogen) atoms. The number of hydrazine groups is 1. The van der Waals surface area contributed by atoms with Crippen molar-refractivity contribution < 1.29 is 13.5 Å². The second-order valence-electron chi connectivity index (χ2n) is 5.03. The smallest absolute Gasteiger partial charge is 0.126 e. The Morgan fingerprint density at radius 2 is 2.21 bits per heavy atom. The van der Waals surface area contributed by atoms with E-state index in [-0.39, 0.29) is 12.1 Å². The molecule has 0 saturated carbocycles. The van der Waals surface area contributed by atoms with Gasteiger partial charge in [-0.25, -0.2) is 8.78 Å². The van der Waals surface area contributed by atoms with Crippen LogP contribution in [0.4, 0.5) is 8.78 Å². The van der Waals surface area contributed by atoms with E-state index in [0.717, 1.165) is 38.0 Å². The third-order valence-electron chi connectivity index (χ3n) is 3.53. The summed E-state index contributed by atoms with van der Waals surface area (Å²) < 4.78 is 32.3. The Morgan fingerprint density at radius 3 is 2.89 bits per heavy atom. The summed E-state index contributed by atoms with van der Waals surface area (Å²) in [6.07, 6.45) is 4.48. The van der Waals surface area contributed by atoms with Crippen LogP contribution in [0.25, 0.3) is 0 Å². The Bertz CT molecular complexity index is 408. The van der Waals surface area contributed by atoms with Gasteiger partial charge < -0.3 is 4.74 Å². The van der Waals surface area contributed by atoms with E-state index in [0.29, 0.717) is 18.4 Å². The number of nitrogens with two attached hydrogens (primary N) is 1. The molecular weight excluding hydrogens is 250 g/mol. The van der Waals surface area contributed by atoms with Crippen LogP contribution in [0.3, 0.4) is 0 Å². The van der Waals surface area contributed by atoms with Crippen LogP contribution < -0.4 is 11.3 Å². The van der Waals surface area contributed by atoms with E-state index in [1.165, 1.54) is 6.07 Å². The molecule has 5 heteroatoms. The summed E-state index contributed by atoms with van der Waals surface area (Å²) in [5.41, 5.74) is 3.02. The molecule has 1 aliphatic heterocycles. The van der Waals surface area contributed by atoms with E-state index < -0.39 is 11.6 Å². The van der Waals surface area contributed by atoms with Crippen molar-refractivity contribution >= 4 is 0 Å². The fourth-order valence-electron chi connectivity index (χ4n) is 2.49. The second-order valence-corrected chi connectivity index (χ2v) is 5.03. The maximum Gasteiger partial charge on any atom is 0.126 e. The molecular formula is C14H20F2N2O. The summed E-state index contributed by atoms with van der Waals surface area (Å²) in [5, 5.41) is 0. The summed E-state index contributed by atoms with van der Waals surface area (Å²) in [6, 6.07) is 3.38. The molecule has 0 spiro atoms. The van der Waals surface area contributed by atoms with E-state index in [1.54, 1.807) is 0 Å². The maximum absolute atomic E-state index is 13.6. The standard InChI is InChI=1S/C14H20F2N2O/c15-11-4-5-14(16)10(7-11)8-12(18-17)9-13-3-1-2-6-19-13/h4-5,7,12-13,18H,1-3,6,8-9,17H2. The molecule has 0 aromatic heterocycles. The zero-order valence-electron chi connectivity index (χ0n) is 10.9. The Morgan fingerprint density at radius 1 is 1.37 bits per heavy atom. The molecule has 1 heterocycles. The van der Waals surface area contributed by atoms with E-state index in [1.807, 2.05) is 0 Å². The molecule has 2 rings (SSSR count). The highest BCUT2D eigenvalue weighted by molar-refractivity contribution is 5.19. The van der Waals surface area contributed by atoms with Crippen molar-refractivity contribution in [3.05, 3.63) is 35.4 Å². The molecule has 1 aliphatic rings. The number of nitrogens with one attached hydrogen (secondary N) is 1. The lowest BCUT2D eigenvalue weighted by Crippen LogP contribution is -2.40. The molecule has 0 amide bonds. The third-order valence-corrected chi connectivity index (χ3v) is 3.53. The van der Waals surface area contributed by atoms with Crippen LogP contribution in [0.5, 0.6) is 0 Å². The molecule has 0 radical (unpaired) electrons. The first-order chi connectivity index (χ1) is 9.19. The van der Waals surface area contributed by atoms with Gasteiger partial charge in [-0.1, -0.05) is 0 Å². The van der Waals surface area contributed by atoms with Crippen molar-refractivity contribution in [1.82, 2.24) is 5.43 Å². The molecule has 0 bridgehead atoms. The van der Waals surface area contributed by atoms with Gasteiger partial charge in [0.15, 0.2) is 0 Å². The first-order valence-electron chi connectivity index (χ1n) is 6.70. The molecule has 106 valence electrons. The summed E-state index contributed by atoms with van der Waals surface area (Å²) in [4.78, 5) is 0. The lowest BCUT2D eigenvalue weighted by molar-refractivity contribution is 0.00519. The van der Waals surface area contributed by atoms with E-state index in [9.17, 15) is 8.78 Å². The van der Waals surface area contributed by atoms with Crippen LogP contribution in [0.1, 0.15) is 31.2 Å². The largest absolute Gasteiger partial charge is 0.378 e. The van der Waals surface area contributed by atoms with Crippen LogP contribution in [0.15, 0.2) is 18.2 Å². The fourth-order valence-corrected chi connectivity index (χ4v) is 2.49. The molecule has 1 aromatic carbocycles. The van der Waals surface area contributed by atoms with Gasteiger partial charge in [-0.05, 0) is 55.9 Å². The quantitative estimate of drug-likeness (QED) is 0.637. The predicted molar refractivity (Wildman–Crippen MR) is 69.4 cm³/mol. The number of hydrogen-bond acceptors (Lipinski definition) is 3. The minimum Gasteiger partial charge on any atom is -0.378 e. The highest BCUT2D eigenvalue weighted by Gasteiger charge is 2.20. The summed E-state index contributed by atoms with van der Waals surface area (Å²) in [7, 11) is 0. The average molecular weight is 270 g/mol. The number of hydrogen-bond donors (Lipinski definition) is 2. The van der Waals surface area contributed by atoms with Crippen molar-refractivity contribution in [3.63, 3.8) is 0 Å². The molecule has 2 atom stereocenters. The molecule has 3 N–H and O–H groups in total. The van der Waals surface area contributed by atoms with Crippen molar-refractivity contribution in [3.8, 4) is 0 Å². The molecule has 1 saturated heterocycles. The zero-order chi connectivity index (χ0) is 13.7. The second kappa shape index (κ2) is 6.93. The van der Waals surface area contributed by atoms with E-state index in [2.05, 4.69) is 5.43 Å². The Balaban J connectivity index is 1.95. The van der Waals surface area contributed by atoms with E-state index in [4.69, 9.17) is 10.6 Å². The molecule has 1 aromatic rings. The van der Waals surface area contributed by atoms with Crippen LogP contribution >= 0.6 is 0 Å². The lowest BCUT2D eigenvalue weighted by Gasteiger charge is -2.26. The van der Waals surface area contributed by atoms with Crippen LogP contribution in [0.2, 0.25) is 0 Å². The maximum atomic E-state index is 13.6. The van der Waals surface area contributed by atoms with Gasteiger partial charge in [-0.2, -0.15) is 0 Å². The Labute approximate surface area is 112 Å². The summed E-state index contributed by atoms with van der Waals surface area (Å²) >= 11 is 0. The fraction of sp³-hybridized carbons (Fsp3) is 0.571. The topological polar surface area (TPSA) is 47.3 Å². The first-order valence-corrected chi connectivity index (χ1v) is 6.70. The van der Waals surface area contributed by atoms with Gasteiger partial charge in [-0.15, -0.1) is 0 Å². The van der Waals surface area contributed by atoms with E-state index >= 15 is 0 Å². The normalized spacial score (nSPS) is 21.3. The van der Waals surface area contributed by atoms with Gasteiger partial charge >= 0.3 is 0 Å². The number of rotatable bonds is 5. The van der Waals surface area contributed by atoms with Gasteiger partial charge in [0.25, 0.3) is 0 Å². The minimum atomic E-state index is -0.430. The van der Waals surface area contributed by atoms with Crippen LogP contribution in [0, 0.1) is 11.6 Å². The predicted octanol–water partition coefficient (Wildman–Crippen LogP) is 2.30. The lowest BCUT2D eigenvalue weighted by atomic mass is 9.97. The SMILES string of the molecule is NNC(Cc1cc(F)ccc1F)CC1CCCCO1. The highest BCUT2D eigenvalue weighted by atomic mass is 19.1. The number of benzene rings is 1. The van der Waals surface area contributed by atoms with Gasteiger partial charge in [0.05, 0.1) is 6.10 Å². The third kappa shape index (κ3) is 4.23. The minimum absolute atomic E-state index is 0.112. The van der Waals surface area contributed by atoms with Crippen molar-refractivity contribution in [1.29, 1.82) is 0 Å². The molecule has 3 nitrogen and oxygen atoms in total. The zero-order valence-corrected chi connectivity index (χ0v) is 10.9.